The average molecular weight is 455 g/mol. The number of rotatable bonds is 8. The van der Waals surface area contributed by atoms with E-state index in [0.717, 1.165) is 0 Å². The molecule has 0 aliphatic heterocycles. The molecule has 32 heavy (non-hydrogen) atoms. The maximum absolute atomic E-state index is 13.3. The van der Waals surface area contributed by atoms with Gasteiger partial charge in [-0.1, -0.05) is 24.3 Å². The number of anilines is 1. The van der Waals surface area contributed by atoms with E-state index in [4.69, 9.17) is 4.74 Å². The Kier molecular flexibility index (Phi) is 6.89. The number of benzene rings is 3. The van der Waals surface area contributed by atoms with E-state index >= 15 is 0 Å². The van der Waals surface area contributed by atoms with Gasteiger partial charge in [-0.15, -0.1) is 0 Å². The van der Waals surface area contributed by atoms with Crippen LogP contribution in [0.25, 0.3) is 0 Å². The SMILES string of the molecule is CCN(c1ccccc1)S(=O)(=O)c1cc(C(=O)OCc2ccc([N+](=O)[O-])cc2)ccc1C. The van der Waals surface area contributed by atoms with Crippen LogP contribution in [0.3, 0.4) is 0 Å². The largest absolute Gasteiger partial charge is 0.457 e. The van der Waals surface area contributed by atoms with Crippen LogP contribution in [0.5, 0.6) is 0 Å². The molecule has 3 aromatic rings. The second-order valence-corrected chi connectivity index (χ2v) is 8.82. The molecule has 0 N–H and O–H groups in total. The molecule has 8 nitrogen and oxygen atoms in total. The number of ether oxygens (including phenoxy) is 1. The van der Waals surface area contributed by atoms with Gasteiger partial charge in [-0.05, 0) is 61.4 Å². The Balaban J connectivity index is 1.82. The van der Waals surface area contributed by atoms with E-state index in [1.807, 2.05) is 0 Å². The predicted octanol–water partition coefficient (Wildman–Crippen LogP) is 4.48. The summed E-state index contributed by atoms with van der Waals surface area (Å²) in [6.07, 6.45) is 0. The van der Waals surface area contributed by atoms with Crippen molar-refractivity contribution in [2.45, 2.75) is 25.3 Å². The summed E-state index contributed by atoms with van der Waals surface area (Å²) in [5.74, 6) is -0.692. The van der Waals surface area contributed by atoms with E-state index in [1.54, 1.807) is 50.2 Å². The molecule has 0 fully saturated rings. The summed E-state index contributed by atoms with van der Waals surface area (Å²) in [6, 6.07) is 18.7. The summed E-state index contributed by atoms with van der Waals surface area (Å²) < 4.78 is 33.2. The Hall–Kier alpha value is -3.72. The number of hydrogen-bond donors (Lipinski definition) is 0. The number of para-hydroxylation sites is 1. The van der Waals surface area contributed by atoms with Crippen molar-refractivity contribution < 1.29 is 22.9 Å². The van der Waals surface area contributed by atoms with Crippen LogP contribution in [0.1, 0.15) is 28.4 Å². The van der Waals surface area contributed by atoms with Gasteiger partial charge in [-0.3, -0.25) is 14.4 Å². The van der Waals surface area contributed by atoms with Gasteiger partial charge in [0.25, 0.3) is 15.7 Å². The van der Waals surface area contributed by atoms with Gasteiger partial charge in [0.05, 0.1) is 21.1 Å². The van der Waals surface area contributed by atoms with Crippen LogP contribution in [-0.4, -0.2) is 25.9 Å². The van der Waals surface area contributed by atoms with Gasteiger partial charge in [0.2, 0.25) is 0 Å². The zero-order chi connectivity index (χ0) is 23.3. The minimum absolute atomic E-state index is 0.0213. The van der Waals surface area contributed by atoms with Crippen molar-refractivity contribution in [2.24, 2.45) is 0 Å². The van der Waals surface area contributed by atoms with Gasteiger partial charge in [-0.25, -0.2) is 13.2 Å². The van der Waals surface area contributed by atoms with E-state index in [2.05, 4.69) is 0 Å². The number of carbonyl (C=O) groups is 1. The summed E-state index contributed by atoms with van der Waals surface area (Å²) in [5.41, 5.74) is 1.64. The normalized spacial score (nSPS) is 11.1. The first-order valence-electron chi connectivity index (χ1n) is 9.83. The van der Waals surface area contributed by atoms with Gasteiger partial charge in [0.15, 0.2) is 0 Å². The number of nitro groups is 1. The highest BCUT2D eigenvalue weighted by Crippen LogP contribution is 2.26. The number of nitrogens with zero attached hydrogens (tertiary/aromatic N) is 2. The van der Waals surface area contributed by atoms with E-state index in [-0.39, 0.29) is 29.3 Å². The van der Waals surface area contributed by atoms with Crippen LogP contribution >= 0.6 is 0 Å². The molecular formula is C23H22N2O6S. The first kappa shape index (κ1) is 23.0. The van der Waals surface area contributed by atoms with E-state index in [0.29, 0.717) is 16.8 Å². The maximum atomic E-state index is 13.3. The second-order valence-electron chi connectivity index (χ2n) is 6.99. The molecule has 0 atom stereocenters. The molecule has 0 aliphatic carbocycles. The molecule has 0 aromatic heterocycles. The van der Waals surface area contributed by atoms with E-state index in [1.165, 1.54) is 40.7 Å². The molecule has 0 saturated heterocycles. The van der Waals surface area contributed by atoms with Crippen LogP contribution in [-0.2, 0) is 21.4 Å². The summed E-state index contributed by atoms with van der Waals surface area (Å²) in [7, 11) is -3.91. The Labute approximate surface area is 186 Å². The molecule has 9 heteroatoms. The van der Waals surface area contributed by atoms with Gasteiger partial charge in [-0.2, -0.15) is 0 Å². The van der Waals surface area contributed by atoms with Crippen molar-refractivity contribution in [1.29, 1.82) is 0 Å². The number of hydrogen-bond acceptors (Lipinski definition) is 6. The fraction of sp³-hybridized carbons (Fsp3) is 0.174. The Bertz CT molecular complexity index is 1230. The fourth-order valence-electron chi connectivity index (χ4n) is 3.16. The third-order valence-corrected chi connectivity index (χ3v) is 6.89. The number of non-ortho nitro benzene ring substituents is 1. The molecule has 0 bridgehead atoms. The number of sulfonamides is 1. The average Bonchev–Trinajstić information content (AvgIpc) is 2.79. The zero-order valence-corrected chi connectivity index (χ0v) is 18.4. The van der Waals surface area contributed by atoms with Gasteiger partial charge < -0.3 is 4.74 Å². The van der Waals surface area contributed by atoms with Crippen molar-refractivity contribution in [3.63, 3.8) is 0 Å². The topological polar surface area (TPSA) is 107 Å². The minimum Gasteiger partial charge on any atom is -0.457 e. The smallest absolute Gasteiger partial charge is 0.338 e. The number of aryl methyl sites for hydroxylation is 1. The van der Waals surface area contributed by atoms with Gasteiger partial charge >= 0.3 is 5.97 Å². The maximum Gasteiger partial charge on any atom is 0.338 e. The van der Waals surface area contributed by atoms with Crippen LogP contribution in [0.2, 0.25) is 0 Å². The third-order valence-electron chi connectivity index (χ3n) is 4.84. The lowest BCUT2D eigenvalue weighted by atomic mass is 10.1. The van der Waals surface area contributed by atoms with Crippen molar-refractivity contribution >= 4 is 27.4 Å². The Morgan fingerprint density at radius 1 is 1.03 bits per heavy atom. The molecule has 0 saturated carbocycles. The Morgan fingerprint density at radius 2 is 1.69 bits per heavy atom. The molecule has 0 radical (unpaired) electrons. The molecular weight excluding hydrogens is 432 g/mol. The van der Waals surface area contributed by atoms with Gasteiger partial charge in [0, 0.05) is 18.7 Å². The lowest BCUT2D eigenvalue weighted by Crippen LogP contribution is -2.31. The summed E-state index contributed by atoms with van der Waals surface area (Å²) in [5, 5.41) is 10.7. The van der Waals surface area contributed by atoms with Crippen LogP contribution in [0.15, 0.2) is 77.7 Å². The van der Waals surface area contributed by atoms with Crippen molar-refractivity contribution in [2.75, 3.05) is 10.8 Å². The zero-order valence-electron chi connectivity index (χ0n) is 17.6. The first-order valence-corrected chi connectivity index (χ1v) is 11.3. The molecule has 0 amide bonds. The number of esters is 1. The molecule has 3 rings (SSSR count). The quantitative estimate of drug-likeness (QED) is 0.282. The molecule has 0 heterocycles. The second kappa shape index (κ2) is 9.61. The van der Waals surface area contributed by atoms with Crippen LogP contribution < -0.4 is 4.31 Å². The molecule has 0 aliphatic rings. The lowest BCUT2D eigenvalue weighted by molar-refractivity contribution is -0.384. The van der Waals surface area contributed by atoms with Crippen molar-refractivity contribution in [3.8, 4) is 0 Å². The minimum atomic E-state index is -3.91. The molecule has 3 aromatic carbocycles. The van der Waals surface area contributed by atoms with Crippen LogP contribution in [0, 0.1) is 17.0 Å². The van der Waals surface area contributed by atoms with Crippen molar-refractivity contribution in [3.05, 3.63) is 99.6 Å². The van der Waals surface area contributed by atoms with E-state index in [9.17, 15) is 23.3 Å². The highest BCUT2D eigenvalue weighted by atomic mass is 32.2. The third kappa shape index (κ3) is 4.94. The number of nitro benzene ring substituents is 1. The molecule has 0 spiro atoms. The molecule has 166 valence electrons. The van der Waals surface area contributed by atoms with Crippen LogP contribution in [0.4, 0.5) is 11.4 Å². The summed E-state index contributed by atoms with van der Waals surface area (Å²) in [6.45, 7) is 3.53. The van der Waals surface area contributed by atoms with Gasteiger partial charge in [0.1, 0.15) is 6.61 Å². The summed E-state index contributed by atoms with van der Waals surface area (Å²) >= 11 is 0. The molecule has 0 unspecified atom stereocenters. The number of carbonyl (C=O) groups excluding carboxylic acids is 1. The lowest BCUT2D eigenvalue weighted by Gasteiger charge is -2.24. The van der Waals surface area contributed by atoms with E-state index < -0.39 is 20.9 Å². The predicted molar refractivity (Wildman–Crippen MR) is 120 cm³/mol. The van der Waals surface area contributed by atoms with Crippen molar-refractivity contribution in [1.82, 2.24) is 0 Å². The Morgan fingerprint density at radius 3 is 2.28 bits per heavy atom. The fourth-order valence-corrected chi connectivity index (χ4v) is 4.88. The first-order chi connectivity index (χ1) is 15.2. The highest BCUT2D eigenvalue weighted by Gasteiger charge is 2.26. The highest BCUT2D eigenvalue weighted by molar-refractivity contribution is 7.92. The standard InChI is InChI=1S/C23H22N2O6S/c1-3-24(20-7-5-4-6-8-20)32(29,30)22-15-19(12-9-17(22)2)23(26)31-16-18-10-13-21(14-11-18)25(27)28/h4-15H,3,16H2,1-2H3. The summed E-state index contributed by atoms with van der Waals surface area (Å²) in [4.78, 5) is 22.8. The monoisotopic (exact) mass is 454 g/mol.